The third-order valence-electron chi connectivity index (χ3n) is 2.03. The minimum atomic E-state index is 0.336. The molecule has 1 aromatic heterocycles. The third-order valence-corrected chi connectivity index (χ3v) is 2.57. The van der Waals surface area contributed by atoms with Gasteiger partial charge in [0.1, 0.15) is 5.82 Å². The van der Waals surface area contributed by atoms with Crippen LogP contribution in [-0.4, -0.2) is 4.98 Å². The molecule has 0 aliphatic carbocycles. The van der Waals surface area contributed by atoms with E-state index in [1.807, 2.05) is 24.3 Å². The molecule has 1 aromatic carbocycles. The lowest BCUT2D eigenvalue weighted by molar-refractivity contribution is 1.34. The van der Waals surface area contributed by atoms with E-state index in [9.17, 15) is 0 Å². The van der Waals surface area contributed by atoms with Crippen LogP contribution >= 0.6 is 23.2 Å². The van der Waals surface area contributed by atoms with Crippen LogP contribution in [0.15, 0.2) is 36.5 Å². The number of nitrogens with two attached hydrogens (primary N) is 1. The largest absolute Gasteiger partial charge is 0.382 e. The molecular formula is C11H8Cl2N2. The average molecular weight is 239 g/mol. The number of anilines is 1. The second kappa shape index (κ2) is 4.09. The zero-order valence-electron chi connectivity index (χ0n) is 7.74. The Bertz CT molecular complexity index is 498. The number of benzene rings is 1. The second-order valence-electron chi connectivity index (χ2n) is 3.10. The van der Waals surface area contributed by atoms with Crippen LogP contribution in [0.2, 0.25) is 10.0 Å². The highest BCUT2D eigenvalue weighted by atomic mass is 35.5. The molecule has 0 fully saturated rings. The van der Waals surface area contributed by atoms with Gasteiger partial charge in [-0.3, -0.25) is 0 Å². The van der Waals surface area contributed by atoms with Gasteiger partial charge in [0.2, 0.25) is 0 Å². The molecular weight excluding hydrogens is 231 g/mol. The molecule has 0 saturated carbocycles. The molecule has 2 aromatic rings. The van der Waals surface area contributed by atoms with Gasteiger partial charge >= 0.3 is 0 Å². The molecule has 0 aliphatic rings. The summed E-state index contributed by atoms with van der Waals surface area (Å²) in [5.74, 6) is 0.336. The molecule has 2 nitrogen and oxygen atoms in total. The van der Waals surface area contributed by atoms with Gasteiger partial charge < -0.3 is 5.73 Å². The lowest BCUT2D eigenvalue weighted by Crippen LogP contribution is -1.91. The number of nitrogens with zero attached hydrogens (tertiary/aromatic N) is 1. The summed E-state index contributed by atoms with van der Waals surface area (Å²) in [5, 5.41) is 1.13. The fourth-order valence-electron chi connectivity index (χ4n) is 1.27. The van der Waals surface area contributed by atoms with Gasteiger partial charge in [-0.15, -0.1) is 0 Å². The SMILES string of the molecule is Nc1ncc(-c2cccc(Cl)c2)cc1Cl. The summed E-state index contributed by atoms with van der Waals surface area (Å²) in [6, 6.07) is 9.26. The molecule has 0 amide bonds. The molecule has 1 heterocycles. The summed E-state index contributed by atoms with van der Waals surface area (Å²) in [5.41, 5.74) is 7.40. The summed E-state index contributed by atoms with van der Waals surface area (Å²) >= 11 is 11.8. The van der Waals surface area contributed by atoms with E-state index in [4.69, 9.17) is 28.9 Å². The first kappa shape index (κ1) is 10.3. The fourth-order valence-corrected chi connectivity index (χ4v) is 1.63. The normalized spacial score (nSPS) is 10.3. The van der Waals surface area contributed by atoms with Gasteiger partial charge in [-0.2, -0.15) is 0 Å². The quantitative estimate of drug-likeness (QED) is 0.825. The van der Waals surface area contributed by atoms with Crippen molar-refractivity contribution >= 4 is 29.0 Å². The van der Waals surface area contributed by atoms with Crippen LogP contribution in [0.4, 0.5) is 5.82 Å². The molecule has 15 heavy (non-hydrogen) atoms. The number of nitrogen functional groups attached to an aromatic ring is 1. The minimum Gasteiger partial charge on any atom is -0.382 e. The van der Waals surface area contributed by atoms with Crippen LogP contribution in [0, 0.1) is 0 Å². The monoisotopic (exact) mass is 238 g/mol. The first-order chi connectivity index (χ1) is 7.16. The molecule has 4 heteroatoms. The molecule has 76 valence electrons. The van der Waals surface area contributed by atoms with Crippen molar-refractivity contribution in [3.63, 3.8) is 0 Å². The molecule has 0 bridgehead atoms. The first-order valence-corrected chi connectivity index (χ1v) is 5.09. The molecule has 2 N–H and O–H groups in total. The van der Waals surface area contributed by atoms with E-state index in [0.29, 0.717) is 15.9 Å². The van der Waals surface area contributed by atoms with E-state index in [1.54, 1.807) is 12.3 Å². The number of hydrogen-bond acceptors (Lipinski definition) is 2. The number of halogens is 2. The van der Waals surface area contributed by atoms with Gasteiger partial charge in [0.25, 0.3) is 0 Å². The van der Waals surface area contributed by atoms with Gasteiger partial charge in [-0.05, 0) is 23.8 Å². The highest BCUT2D eigenvalue weighted by molar-refractivity contribution is 6.33. The summed E-state index contributed by atoms with van der Waals surface area (Å²) in [6.45, 7) is 0. The van der Waals surface area contributed by atoms with Crippen LogP contribution in [0.1, 0.15) is 0 Å². The standard InChI is InChI=1S/C11H8Cl2N2/c12-9-3-1-2-7(4-9)8-5-10(13)11(14)15-6-8/h1-6H,(H2,14,15). The average Bonchev–Trinajstić information content (AvgIpc) is 2.22. The van der Waals surface area contributed by atoms with Gasteiger partial charge in [0, 0.05) is 16.8 Å². The van der Waals surface area contributed by atoms with Crippen LogP contribution in [0.3, 0.4) is 0 Å². The van der Waals surface area contributed by atoms with E-state index in [0.717, 1.165) is 11.1 Å². The predicted octanol–water partition coefficient (Wildman–Crippen LogP) is 3.64. The third kappa shape index (κ3) is 2.22. The van der Waals surface area contributed by atoms with Crippen LogP contribution in [0.5, 0.6) is 0 Å². The topological polar surface area (TPSA) is 38.9 Å². The summed E-state index contributed by atoms with van der Waals surface area (Å²) in [6.07, 6.45) is 1.67. The summed E-state index contributed by atoms with van der Waals surface area (Å²) in [7, 11) is 0. The Labute approximate surface area is 97.7 Å². The highest BCUT2D eigenvalue weighted by Gasteiger charge is 2.02. The number of aromatic nitrogens is 1. The molecule has 0 radical (unpaired) electrons. The van der Waals surface area contributed by atoms with Crippen molar-refractivity contribution in [2.45, 2.75) is 0 Å². The highest BCUT2D eigenvalue weighted by Crippen LogP contribution is 2.26. The Morgan fingerprint density at radius 3 is 2.53 bits per heavy atom. The van der Waals surface area contributed by atoms with Crippen molar-refractivity contribution in [2.24, 2.45) is 0 Å². The van der Waals surface area contributed by atoms with E-state index < -0.39 is 0 Å². The van der Waals surface area contributed by atoms with Gasteiger partial charge in [0.15, 0.2) is 0 Å². The van der Waals surface area contributed by atoms with Gasteiger partial charge in [-0.1, -0.05) is 35.3 Å². The molecule has 2 rings (SSSR count). The number of hydrogen-bond donors (Lipinski definition) is 1. The zero-order valence-corrected chi connectivity index (χ0v) is 9.26. The Hall–Kier alpha value is -1.25. The lowest BCUT2D eigenvalue weighted by atomic mass is 10.1. The second-order valence-corrected chi connectivity index (χ2v) is 3.95. The molecule has 0 atom stereocenters. The van der Waals surface area contributed by atoms with Crippen molar-refractivity contribution in [1.82, 2.24) is 4.98 Å². The van der Waals surface area contributed by atoms with Crippen molar-refractivity contribution in [2.75, 3.05) is 5.73 Å². The van der Waals surface area contributed by atoms with Gasteiger partial charge in [0.05, 0.1) is 5.02 Å². The van der Waals surface area contributed by atoms with Crippen molar-refractivity contribution in [1.29, 1.82) is 0 Å². The molecule has 0 saturated heterocycles. The minimum absolute atomic E-state index is 0.336. The Kier molecular flexibility index (Phi) is 2.80. The maximum Gasteiger partial charge on any atom is 0.142 e. The van der Waals surface area contributed by atoms with Crippen LogP contribution in [0.25, 0.3) is 11.1 Å². The zero-order chi connectivity index (χ0) is 10.8. The van der Waals surface area contributed by atoms with Crippen LogP contribution in [-0.2, 0) is 0 Å². The lowest BCUT2D eigenvalue weighted by Gasteiger charge is -2.03. The molecule has 0 spiro atoms. The number of pyridine rings is 1. The van der Waals surface area contributed by atoms with Gasteiger partial charge in [-0.25, -0.2) is 4.98 Å². The van der Waals surface area contributed by atoms with E-state index in [-0.39, 0.29) is 0 Å². The molecule has 0 unspecified atom stereocenters. The Morgan fingerprint density at radius 1 is 1.07 bits per heavy atom. The van der Waals surface area contributed by atoms with E-state index in [1.165, 1.54) is 0 Å². The first-order valence-electron chi connectivity index (χ1n) is 4.34. The van der Waals surface area contributed by atoms with Crippen LogP contribution < -0.4 is 5.73 Å². The maximum absolute atomic E-state index is 5.89. The Morgan fingerprint density at radius 2 is 1.87 bits per heavy atom. The fraction of sp³-hybridized carbons (Fsp3) is 0. The van der Waals surface area contributed by atoms with Crippen molar-refractivity contribution in [3.05, 3.63) is 46.6 Å². The summed E-state index contributed by atoms with van der Waals surface area (Å²) in [4.78, 5) is 3.99. The van der Waals surface area contributed by atoms with E-state index >= 15 is 0 Å². The number of rotatable bonds is 1. The van der Waals surface area contributed by atoms with Crippen molar-refractivity contribution in [3.8, 4) is 11.1 Å². The smallest absolute Gasteiger partial charge is 0.142 e. The van der Waals surface area contributed by atoms with E-state index in [2.05, 4.69) is 4.98 Å². The Balaban J connectivity index is 2.50. The summed E-state index contributed by atoms with van der Waals surface area (Å²) < 4.78 is 0. The molecule has 0 aliphatic heterocycles. The maximum atomic E-state index is 5.89. The predicted molar refractivity (Wildman–Crippen MR) is 64.1 cm³/mol. The van der Waals surface area contributed by atoms with Crippen molar-refractivity contribution < 1.29 is 0 Å².